The van der Waals surface area contributed by atoms with E-state index in [0.717, 1.165) is 24.1 Å². The topological polar surface area (TPSA) is 87.0 Å². The minimum Gasteiger partial charge on any atom is -0.324 e. The highest BCUT2D eigenvalue weighted by Crippen LogP contribution is 2.13. The van der Waals surface area contributed by atoms with E-state index >= 15 is 0 Å². The number of rotatable bonds is 5. The molecule has 0 bridgehead atoms. The van der Waals surface area contributed by atoms with Crippen LogP contribution in [0.1, 0.15) is 24.1 Å². The summed E-state index contributed by atoms with van der Waals surface area (Å²) in [6.45, 7) is 2.64. The summed E-state index contributed by atoms with van der Waals surface area (Å²) in [4.78, 5) is 10.1. The molecule has 0 aliphatic heterocycles. The number of hydrogen-bond donors (Lipinski definition) is 1. The van der Waals surface area contributed by atoms with Gasteiger partial charge in [-0.15, -0.1) is 0 Å². The van der Waals surface area contributed by atoms with Crippen LogP contribution < -0.4 is 5.73 Å². The Morgan fingerprint density at radius 3 is 2.63 bits per heavy atom. The molecular weight excluding hydrogens is 244 g/mol. The number of aryl methyl sites for hydroxylation is 2. The van der Waals surface area contributed by atoms with Crippen molar-refractivity contribution in [3.05, 3.63) is 57.9 Å². The minimum atomic E-state index is -0.397. The fourth-order valence-electron chi connectivity index (χ4n) is 1.76. The van der Waals surface area contributed by atoms with Crippen molar-refractivity contribution in [2.45, 2.75) is 25.9 Å². The standard InChI is InChI=1S/C13H16N4O2/c1-10(14)12-8-15-16(9-12)7-6-11-2-4-13(5-3-11)17(18)19/h2-5,8-10H,6-7,14H2,1H3. The average molecular weight is 260 g/mol. The first-order chi connectivity index (χ1) is 9.06. The number of nitro groups is 1. The Hall–Kier alpha value is -2.21. The van der Waals surface area contributed by atoms with E-state index in [2.05, 4.69) is 5.10 Å². The van der Waals surface area contributed by atoms with Gasteiger partial charge in [-0.1, -0.05) is 12.1 Å². The van der Waals surface area contributed by atoms with Crippen LogP contribution >= 0.6 is 0 Å². The van der Waals surface area contributed by atoms with Gasteiger partial charge in [0.2, 0.25) is 0 Å². The number of aromatic nitrogens is 2. The van der Waals surface area contributed by atoms with Crippen LogP contribution in [0.4, 0.5) is 5.69 Å². The molecule has 0 aliphatic carbocycles. The molecule has 0 spiro atoms. The Morgan fingerprint density at radius 1 is 1.42 bits per heavy atom. The normalized spacial score (nSPS) is 12.3. The van der Waals surface area contributed by atoms with Crippen molar-refractivity contribution in [2.24, 2.45) is 5.73 Å². The molecule has 0 amide bonds. The second-order valence-electron chi connectivity index (χ2n) is 4.50. The van der Waals surface area contributed by atoms with Crippen LogP contribution in [-0.4, -0.2) is 14.7 Å². The second-order valence-corrected chi connectivity index (χ2v) is 4.50. The predicted octanol–water partition coefficient (Wildman–Crippen LogP) is 2.05. The van der Waals surface area contributed by atoms with Crippen molar-refractivity contribution in [1.82, 2.24) is 9.78 Å². The van der Waals surface area contributed by atoms with Crippen molar-refractivity contribution >= 4 is 5.69 Å². The van der Waals surface area contributed by atoms with E-state index in [0.29, 0.717) is 0 Å². The number of nitrogens with zero attached hydrogens (tertiary/aromatic N) is 3. The van der Waals surface area contributed by atoms with Gasteiger partial charge in [-0.2, -0.15) is 5.10 Å². The van der Waals surface area contributed by atoms with Crippen LogP contribution in [0.2, 0.25) is 0 Å². The SMILES string of the molecule is CC(N)c1cnn(CCc2ccc([N+](=O)[O-])cc2)c1. The molecule has 0 saturated carbocycles. The van der Waals surface area contributed by atoms with E-state index in [4.69, 9.17) is 5.73 Å². The van der Waals surface area contributed by atoms with Crippen molar-refractivity contribution in [2.75, 3.05) is 0 Å². The van der Waals surface area contributed by atoms with Crippen LogP contribution in [0.15, 0.2) is 36.7 Å². The molecule has 1 aromatic heterocycles. The van der Waals surface area contributed by atoms with E-state index in [9.17, 15) is 10.1 Å². The average Bonchev–Trinajstić information content (AvgIpc) is 2.86. The zero-order chi connectivity index (χ0) is 13.8. The van der Waals surface area contributed by atoms with Gasteiger partial charge in [0.1, 0.15) is 0 Å². The Morgan fingerprint density at radius 2 is 2.11 bits per heavy atom. The summed E-state index contributed by atoms with van der Waals surface area (Å²) in [6, 6.07) is 6.56. The summed E-state index contributed by atoms with van der Waals surface area (Å²) in [6.07, 6.45) is 4.47. The van der Waals surface area contributed by atoms with Crippen molar-refractivity contribution in [3.8, 4) is 0 Å². The molecule has 1 aromatic carbocycles. The summed E-state index contributed by atoms with van der Waals surface area (Å²) in [5.41, 5.74) is 7.92. The molecule has 0 saturated heterocycles. The first-order valence-corrected chi connectivity index (χ1v) is 6.07. The van der Waals surface area contributed by atoms with Gasteiger partial charge >= 0.3 is 0 Å². The van der Waals surface area contributed by atoms with Gasteiger partial charge in [-0.25, -0.2) is 0 Å². The monoisotopic (exact) mass is 260 g/mol. The minimum absolute atomic E-state index is 0.0203. The van der Waals surface area contributed by atoms with Crippen LogP contribution in [0.5, 0.6) is 0 Å². The maximum atomic E-state index is 10.5. The molecule has 1 heterocycles. The summed E-state index contributed by atoms with van der Waals surface area (Å²) in [5, 5.41) is 14.8. The number of nitrogens with two attached hydrogens (primary N) is 1. The Labute approximate surface area is 111 Å². The fourth-order valence-corrected chi connectivity index (χ4v) is 1.76. The molecule has 100 valence electrons. The molecule has 0 fully saturated rings. The van der Waals surface area contributed by atoms with Crippen molar-refractivity contribution < 1.29 is 4.92 Å². The van der Waals surface area contributed by atoms with Gasteiger partial charge in [0.15, 0.2) is 0 Å². The largest absolute Gasteiger partial charge is 0.324 e. The zero-order valence-electron chi connectivity index (χ0n) is 10.7. The third-order valence-electron chi connectivity index (χ3n) is 2.96. The van der Waals surface area contributed by atoms with Crippen LogP contribution in [-0.2, 0) is 13.0 Å². The van der Waals surface area contributed by atoms with Crippen molar-refractivity contribution in [3.63, 3.8) is 0 Å². The van der Waals surface area contributed by atoms with Gasteiger partial charge in [-0.05, 0) is 18.9 Å². The lowest BCUT2D eigenvalue weighted by Crippen LogP contribution is -2.04. The lowest BCUT2D eigenvalue weighted by atomic mass is 10.1. The number of hydrogen-bond acceptors (Lipinski definition) is 4. The first kappa shape index (κ1) is 13.2. The van der Waals surface area contributed by atoms with E-state index in [1.807, 2.05) is 17.8 Å². The van der Waals surface area contributed by atoms with Crippen LogP contribution in [0, 0.1) is 10.1 Å². The Kier molecular flexibility index (Phi) is 3.91. The summed E-state index contributed by atoms with van der Waals surface area (Å²) >= 11 is 0. The molecule has 0 radical (unpaired) electrons. The molecule has 2 rings (SSSR count). The Balaban J connectivity index is 1.96. The lowest BCUT2D eigenvalue weighted by molar-refractivity contribution is -0.384. The lowest BCUT2D eigenvalue weighted by Gasteiger charge is -2.02. The van der Waals surface area contributed by atoms with E-state index in [1.165, 1.54) is 12.1 Å². The maximum absolute atomic E-state index is 10.5. The van der Waals surface area contributed by atoms with Gasteiger partial charge in [0.05, 0.1) is 11.1 Å². The molecule has 6 nitrogen and oxygen atoms in total. The van der Waals surface area contributed by atoms with Gasteiger partial charge in [0, 0.05) is 36.5 Å². The van der Waals surface area contributed by atoms with Crippen LogP contribution in [0.25, 0.3) is 0 Å². The molecular formula is C13H16N4O2. The fraction of sp³-hybridized carbons (Fsp3) is 0.308. The first-order valence-electron chi connectivity index (χ1n) is 6.07. The molecule has 0 aliphatic rings. The highest BCUT2D eigenvalue weighted by molar-refractivity contribution is 5.32. The summed E-state index contributed by atoms with van der Waals surface area (Å²) < 4.78 is 1.83. The van der Waals surface area contributed by atoms with Gasteiger partial charge in [0.25, 0.3) is 5.69 Å². The molecule has 2 aromatic rings. The number of non-ortho nitro benzene ring substituents is 1. The smallest absolute Gasteiger partial charge is 0.269 e. The summed E-state index contributed by atoms with van der Waals surface area (Å²) in [7, 11) is 0. The highest BCUT2D eigenvalue weighted by Gasteiger charge is 2.05. The van der Waals surface area contributed by atoms with E-state index in [1.54, 1.807) is 18.3 Å². The third kappa shape index (κ3) is 3.38. The maximum Gasteiger partial charge on any atom is 0.269 e. The van der Waals surface area contributed by atoms with E-state index in [-0.39, 0.29) is 11.7 Å². The van der Waals surface area contributed by atoms with Gasteiger partial charge < -0.3 is 5.73 Å². The zero-order valence-corrected chi connectivity index (χ0v) is 10.7. The summed E-state index contributed by atoms with van der Waals surface area (Å²) in [5.74, 6) is 0. The van der Waals surface area contributed by atoms with Gasteiger partial charge in [-0.3, -0.25) is 14.8 Å². The molecule has 1 unspecified atom stereocenters. The molecule has 2 N–H and O–H groups in total. The second kappa shape index (κ2) is 5.62. The number of nitro benzene ring substituents is 1. The molecule has 1 atom stereocenters. The van der Waals surface area contributed by atoms with Crippen LogP contribution in [0.3, 0.4) is 0 Å². The highest BCUT2D eigenvalue weighted by atomic mass is 16.6. The molecule has 19 heavy (non-hydrogen) atoms. The quantitative estimate of drug-likeness (QED) is 0.658. The van der Waals surface area contributed by atoms with Crippen molar-refractivity contribution in [1.29, 1.82) is 0 Å². The molecule has 6 heteroatoms. The number of benzene rings is 1. The van der Waals surface area contributed by atoms with E-state index < -0.39 is 4.92 Å². The Bertz CT molecular complexity index is 560. The third-order valence-corrected chi connectivity index (χ3v) is 2.96. The predicted molar refractivity (Wildman–Crippen MR) is 71.6 cm³/mol.